The molecule has 1 unspecified atom stereocenters. The molecule has 0 bridgehead atoms. The zero-order valence-electron chi connectivity index (χ0n) is 15.5. The highest BCUT2D eigenvalue weighted by Gasteiger charge is 2.27. The topological polar surface area (TPSA) is 101 Å². The first kappa shape index (κ1) is 20.5. The summed E-state index contributed by atoms with van der Waals surface area (Å²) < 4.78 is 27.8. The van der Waals surface area contributed by atoms with Crippen molar-refractivity contribution < 1.29 is 13.2 Å². The van der Waals surface area contributed by atoms with Gasteiger partial charge in [0.2, 0.25) is 15.4 Å². The molecule has 142 valence electrons. The third-order valence-corrected chi connectivity index (χ3v) is 6.49. The largest absolute Gasteiger partial charge is 0.300 e. The van der Waals surface area contributed by atoms with E-state index in [0.29, 0.717) is 6.42 Å². The van der Waals surface area contributed by atoms with Gasteiger partial charge in [-0.15, -0.1) is 10.2 Å². The Balaban J connectivity index is 2.20. The molecule has 0 fully saturated rings. The number of nitrogens with zero attached hydrogens (tertiary/aromatic N) is 2. The number of nitrogens with one attached hydrogen (secondary N) is 2. The summed E-state index contributed by atoms with van der Waals surface area (Å²) in [6.45, 7) is 9.13. The molecule has 2 N–H and O–H groups in total. The Morgan fingerprint density at radius 2 is 1.88 bits per heavy atom. The average Bonchev–Trinajstić information content (AvgIpc) is 3.02. The molecule has 0 radical (unpaired) electrons. The van der Waals surface area contributed by atoms with Crippen LogP contribution >= 0.6 is 11.3 Å². The number of amides is 1. The molecule has 2 aromatic rings. The summed E-state index contributed by atoms with van der Waals surface area (Å²) >= 11 is 0.831. The number of carbonyl (C=O) groups is 1. The highest BCUT2D eigenvalue weighted by molar-refractivity contribution is 7.91. The van der Waals surface area contributed by atoms with E-state index in [1.54, 1.807) is 20.8 Å². The second kappa shape index (κ2) is 7.81. The van der Waals surface area contributed by atoms with Crippen LogP contribution in [0, 0.1) is 12.3 Å². The van der Waals surface area contributed by atoms with Gasteiger partial charge in [-0.3, -0.25) is 4.79 Å². The number of carbonyl (C=O) groups excluding carboxylic acids is 1. The maximum absolute atomic E-state index is 12.7. The van der Waals surface area contributed by atoms with E-state index < -0.39 is 15.4 Å². The highest BCUT2D eigenvalue weighted by Crippen LogP contribution is 2.26. The van der Waals surface area contributed by atoms with E-state index in [2.05, 4.69) is 20.2 Å². The van der Waals surface area contributed by atoms with Crippen LogP contribution in [0.25, 0.3) is 0 Å². The minimum absolute atomic E-state index is 0.161. The van der Waals surface area contributed by atoms with Gasteiger partial charge < -0.3 is 5.32 Å². The van der Waals surface area contributed by atoms with Crippen LogP contribution in [-0.2, 0) is 14.8 Å². The standard InChI is InChI=1S/C17H24N4O3S2/c1-6-13(12-10-8-7-9-11(12)2)21-26(23,24)16-20-19-15(25-16)18-14(22)17(3,4)5/h7-10,13,21H,6H2,1-5H3,(H,18,19,22). The van der Waals surface area contributed by atoms with E-state index >= 15 is 0 Å². The minimum atomic E-state index is -3.84. The second-order valence-electron chi connectivity index (χ2n) is 7.02. The number of rotatable bonds is 6. The summed E-state index contributed by atoms with van der Waals surface area (Å²) in [5.74, 6) is -0.253. The van der Waals surface area contributed by atoms with Gasteiger partial charge >= 0.3 is 0 Å². The molecular weight excluding hydrogens is 372 g/mol. The molecule has 0 aliphatic heterocycles. The van der Waals surface area contributed by atoms with Crippen LogP contribution in [0.4, 0.5) is 5.13 Å². The van der Waals surface area contributed by atoms with Gasteiger partial charge in [-0.1, -0.05) is 63.3 Å². The lowest BCUT2D eigenvalue weighted by Crippen LogP contribution is -2.28. The van der Waals surface area contributed by atoms with Gasteiger partial charge in [0.1, 0.15) is 0 Å². The van der Waals surface area contributed by atoms with Crippen LogP contribution in [0.1, 0.15) is 51.3 Å². The first-order valence-corrected chi connectivity index (χ1v) is 10.6. The van der Waals surface area contributed by atoms with Crippen LogP contribution in [0.3, 0.4) is 0 Å². The summed E-state index contributed by atoms with van der Waals surface area (Å²) in [7, 11) is -3.84. The van der Waals surface area contributed by atoms with Crippen molar-refractivity contribution in [1.29, 1.82) is 0 Å². The third-order valence-electron chi connectivity index (χ3n) is 3.81. The molecule has 2 rings (SSSR count). The van der Waals surface area contributed by atoms with Crippen LogP contribution in [0.15, 0.2) is 28.6 Å². The smallest absolute Gasteiger partial charge is 0.270 e. The number of benzene rings is 1. The quantitative estimate of drug-likeness (QED) is 0.730. The Morgan fingerprint density at radius 3 is 2.46 bits per heavy atom. The van der Waals surface area contributed by atoms with Gasteiger partial charge in [-0.05, 0) is 24.5 Å². The molecule has 1 aromatic heterocycles. The number of hydrogen-bond acceptors (Lipinski definition) is 6. The van der Waals surface area contributed by atoms with Crippen molar-refractivity contribution in [3.63, 3.8) is 0 Å². The SMILES string of the molecule is CCC(NS(=O)(=O)c1nnc(NC(=O)C(C)(C)C)s1)c1ccccc1C. The molecule has 9 heteroatoms. The molecule has 0 saturated heterocycles. The molecular formula is C17H24N4O3S2. The predicted octanol–water partition coefficient (Wildman–Crippen LogP) is 3.26. The first-order valence-electron chi connectivity index (χ1n) is 8.27. The van der Waals surface area contributed by atoms with Crippen LogP contribution in [0.5, 0.6) is 0 Å². The lowest BCUT2D eigenvalue weighted by molar-refractivity contribution is -0.123. The van der Waals surface area contributed by atoms with Crippen molar-refractivity contribution >= 4 is 32.4 Å². The van der Waals surface area contributed by atoms with E-state index in [9.17, 15) is 13.2 Å². The van der Waals surface area contributed by atoms with Gasteiger partial charge in [0.15, 0.2) is 0 Å². The Bertz CT molecular complexity index is 885. The zero-order valence-corrected chi connectivity index (χ0v) is 17.2. The van der Waals surface area contributed by atoms with Crippen molar-refractivity contribution in [2.75, 3.05) is 5.32 Å². The van der Waals surface area contributed by atoms with E-state index in [1.165, 1.54) is 0 Å². The van der Waals surface area contributed by atoms with Crippen molar-refractivity contribution in [2.45, 2.75) is 51.4 Å². The second-order valence-corrected chi connectivity index (χ2v) is 9.88. The maximum atomic E-state index is 12.7. The Kier molecular flexibility index (Phi) is 6.15. The van der Waals surface area contributed by atoms with Gasteiger partial charge in [0, 0.05) is 11.5 Å². The third kappa shape index (κ3) is 4.87. The van der Waals surface area contributed by atoms with Crippen LogP contribution in [0.2, 0.25) is 0 Å². The molecule has 1 aromatic carbocycles. The Morgan fingerprint density at radius 1 is 1.23 bits per heavy atom. The molecule has 0 aliphatic carbocycles. The molecule has 7 nitrogen and oxygen atoms in total. The van der Waals surface area contributed by atoms with Crippen LogP contribution in [-0.4, -0.2) is 24.5 Å². The molecule has 1 heterocycles. The first-order chi connectivity index (χ1) is 12.0. The van der Waals surface area contributed by atoms with Gasteiger partial charge in [-0.25, -0.2) is 13.1 Å². The number of aromatic nitrogens is 2. The van der Waals surface area contributed by atoms with Crippen molar-refractivity contribution in [3.05, 3.63) is 35.4 Å². The zero-order chi connectivity index (χ0) is 19.5. The predicted molar refractivity (Wildman–Crippen MR) is 103 cm³/mol. The van der Waals surface area contributed by atoms with Crippen molar-refractivity contribution in [1.82, 2.24) is 14.9 Å². The lowest BCUT2D eigenvalue weighted by Gasteiger charge is -2.18. The maximum Gasteiger partial charge on any atom is 0.270 e. The minimum Gasteiger partial charge on any atom is -0.300 e. The highest BCUT2D eigenvalue weighted by atomic mass is 32.2. The molecule has 26 heavy (non-hydrogen) atoms. The van der Waals surface area contributed by atoms with Gasteiger partial charge in [-0.2, -0.15) is 0 Å². The number of aryl methyl sites for hydroxylation is 1. The van der Waals surface area contributed by atoms with Crippen molar-refractivity contribution in [2.24, 2.45) is 5.41 Å². The molecule has 1 atom stereocenters. The summed E-state index contributed by atoms with van der Waals surface area (Å²) in [6, 6.07) is 7.27. The van der Waals surface area contributed by atoms with E-state index in [-0.39, 0.29) is 21.4 Å². The molecule has 1 amide bonds. The molecule has 0 aliphatic rings. The fraction of sp³-hybridized carbons (Fsp3) is 0.471. The van der Waals surface area contributed by atoms with Gasteiger partial charge in [0.05, 0.1) is 0 Å². The summed E-state index contributed by atoms with van der Waals surface area (Å²) in [5, 5.41) is 10.3. The fourth-order valence-electron chi connectivity index (χ4n) is 2.24. The average molecular weight is 397 g/mol. The molecule has 0 saturated carbocycles. The van der Waals surface area contributed by atoms with Crippen molar-refractivity contribution in [3.8, 4) is 0 Å². The normalized spacial score (nSPS) is 13.4. The Labute approximate surface area is 158 Å². The van der Waals surface area contributed by atoms with Crippen LogP contribution < -0.4 is 10.0 Å². The summed E-state index contributed by atoms with van der Waals surface area (Å²) in [4.78, 5) is 12.0. The summed E-state index contributed by atoms with van der Waals surface area (Å²) in [5.41, 5.74) is 1.32. The number of anilines is 1. The number of sulfonamides is 1. The molecule has 0 spiro atoms. The Hall–Kier alpha value is -1.84. The summed E-state index contributed by atoms with van der Waals surface area (Å²) in [6.07, 6.45) is 0.594. The van der Waals surface area contributed by atoms with Gasteiger partial charge in [0.25, 0.3) is 10.0 Å². The fourth-order valence-corrected chi connectivity index (χ4v) is 4.45. The monoisotopic (exact) mass is 396 g/mol. The van der Waals surface area contributed by atoms with E-state index in [1.807, 2.05) is 38.1 Å². The van der Waals surface area contributed by atoms with E-state index in [4.69, 9.17) is 0 Å². The number of hydrogen-bond donors (Lipinski definition) is 2. The lowest BCUT2D eigenvalue weighted by atomic mass is 9.96. The van der Waals surface area contributed by atoms with E-state index in [0.717, 1.165) is 22.5 Å².